The molecule has 1 amide bonds. The van der Waals surface area contributed by atoms with E-state index >= 15 is 0 Å². The summed E-state index contributed by atoms with van der Waals surface area (Å²) < 4.78 is 0. The van der Waals surface area contributed by atoms with Crippen LogP contribution in [-0.4, -0.2) is 33.6 Å². The van der Waals surface area contributed by atoms with Gasteiger partial charge in [-0.2, -0.15) is 0 Å². The van der Waals surface area contributed by atoms with Crippen molar-refractivity contribution in [2.75, 3.05) is 6.61 Å². The van der Waals surface area contributed by atoms with Crippen LogP contribution in [-0.2, 0) is 0 Å². The van der Waals surface area contributed by atoms with Crippen molar-refractivity contribution in [2.45, 2.75) is 45.1 Å². The molecule has 2 aliphatic rings. The van der Waals surface area contributed by atoms with Gasteiger partial charge >= 0.3 is 0 Å². The highest BCUT2D eigenvalue weighted by Crippen LogP contribution is 2.48. The third kappa shape index (κ3) is 2.72. The number of hydrogen-bond acceptors (Lipinski definition) is 4. The summed E-state index contributed by atoms with van der Waals surface area (Å²) in [5.74, 6) is 1.65. The molecule has 1 aromatic rings. The van der Waals surface area contributed by atoms with Gasteiger partial charge in [-0.15, -0.1) is 0 Å². The normalized spacial score (nSPS) is 30.0. The van der Waals surface area contributed by atoms with Crippen LogP contribution in [0.1, 0.15) is 55.3 Å². The van der Waals surface area contributed by atoms with Crippen molar-refractivity contribution in [3.8, 4) is 0 Å². The molecule has 2 N–H and O–H groups in total. The van der Waals surface area contributed by atoms with E-state index in [1.165, 1.54) is 6.20 Å². The topological polar surface area (TPSA) is 75.1 Å². The lowest BCUT2D eigenvalue weighted by molar-refractivity contribution is 0.0856. The highest BCUT2D eigenvalue weighted by atomic mass is 35.5. The maximum absolute atomic E-state index is 12.6. The summed E-state index contributed by atoms with van der Waals surface area (Å²) in [5.41, 5.74) is 0.236. The van der Waals surface area contributed by atoms with E-state index in [2.05, 4.69) is 15.3 Å². The molecule has 2 saturated carbocycles. The van der Waals surface area contributed by atoms with Gasteiger partial charge in [0.2, 0.25) is 0 Å². The van der Waals surface area contributed by atoms with Gasteiger partial charge in [0, 0.05) is 24.5 Å². The summed E-state index contributed by atoms with van der Waals surface area (Å²) in [6.45, 7) is 4.08. The highest BCUT2D eigenvalue weighted by molar-refractivity contribution is 6.33. The standard InChI is InChI=1S/C16H22ClN3O2/c1-8(2)15-18-6-12(17)14(19-15)16(22)20-13-10-4-3-9(5-10)11(13)7-21/h6,8-11,13,21H,3-5,7H2,1-2H3,(H,20,22). The molecule has 22 heavy (non-hydrogen) atoms. The minimum Gasteiger partial charge on any atom is -0.396 e. The Labute approximate surface area is 135 Å². The van der Waals surface area contributed by atoms with Crippen molar-refractivity contribution < 1.29 is 9.90 Å². The van der Waals surface area contributed by atoms with Crippen molar-refractivity contribution >= 4 is 17.5 Å². The summed E-state index contributed by atoms with van der Waals surface area (Å²) in [5, 5.41) is 12.9. The zero-order valence-electron chi connectivity index (χ0n) is 12.9. The highest BCUT2D eigenvalue weighted by Gasteiger charge is 2.47. The number of nitrogens with one attached hydrogen (secondary N) is 1. The van der Waals surface area contributed by atoms with Gasteiger partial charge in [-0.1, -0.05) is 25.4 Å². The van der Waals surface area contributed by atoms with Gasteiger partial charge in [-0.3, -0.25) is 4.79 Å². The molecule has 0 aromatic carbocycles. The van der Waals surface area contributed by atoms with E-state index in [1.807, 2.05) is 13.8 Å². The largest absolute Gasteiger partial charge is 0.396 e. The van der Waals surface area contributed by atoms with Crippen molar-refractivity contribution in [1.82, 2.24) is 15.3 Å². The first kappa shape index (κ1) is 15.7. The van der Waals surface area contributed by atoms with Crippen molar-refractivity contribution in [3.63, 3.8) is 0 Å². The number of carbonyl (C=O) groups is 1. The molecule has 2 fully saturated rings. The molecular formula is C16H22ClN3O2. The Morgan fingerprint density at radius 2 is 2.18 bits per heavy atom. The van der Waals surface area contributed by atoms with Crippen molar-refractivity contribution in [3.05, 3.63) is 22.7 Å². The predicted octanol–water partition coefficient (Wildman–Crippen LogP) is 2.39. The number of aromatic nitrogens is 2. The fourth-order valence-corrected chi connectivity index (χ4v) is 4.11. The number of carbonyl (C=O) groups excluding carboxylic acids is 1. The molecule has 0 radical (unpaired) electrons. The molecule has 4 atom stereocenters. The van der Waals surface area contributed by atoms with Gasteiger partial charge in [-0.25, -0.2) is 9.97 Å². The molecule has 6 heteroatoms. The maximum atomic E-state index is 12.6. The van der Waals surface area contributed by atoms with Crippen LogP contribution in [0.25, 0.3) is 0 Å². The minimum absolute atomic E-state index is 0.0322. The summed E-state index contributed by atoms with van der Waals surface area (Å²) in [6, 6.07) is 0.0322. The number of aliphatic hydroxyl groups is 1. The van der Waals surface area contributed by atoms with E-state index < -0.39 is 0 Å². The van der Waals surface area contributed by atoms with E-state index in [4.69, 9.17) is 11.6 Å². The lowest BCUT2D eigenvalue weighted by Crippen LogP contribution is -2.45. The Morgan fingerprint density at radius 1 is 1.45 bits per heavy atom. The SMILES string of the molecule is CC(C)c1ncc(Cl)c(C(=O)NC2C3CCC(C3)C2CO)n1. The molecule has 1 aromatic heterocycles. The molecule has 0 aliphatic heterocycles. The maximum Gasteiger partial charge on any atom is 0.271 e. The number of hydrogen-bond donors (Lipinski definition) is 2. The second-order valence-electron chi connectivity index (χ2n) is 6.76. The fraction of sp³-hybridized carbons (Fsp3) is 0.688. The Bertz CT molecular complexity index is 579. The second kappa shape index (κ2) is 6.13. The second-order valence-corrected chi connectivity index (χ2v) is 7.17. The Kier molecular flexibility index (Phi) is 4.37. The van der Waals surface area contributed by atoms with Crippen LogP contribution in [0, 0.1) is 17.8 Å². The van der Waals surface area contributed by atoms with E-state index in [1.54, 1.807) is 0 Å². The summed E-state index contributed by atoms with van der Waals surface area (Å²) in [6.07, 6.45) is 4.88. The smallest absolute Gasteiger partial charge is 0.271 e. The summed E-state index contributed by atoms with van der Waals surface area (Å²) in [4.78, 5) is 21.0. The van der Waals surface area contributed by atoms with Gasteiger partial charge in [0.15, 0.2) is 0 Å². The van der Waals surface area contributed by atoms with Gasteiger partial charge in [0.05, 0.1) is 11.2 Å². The Hall–Kier alpha value is -1.20. The molecule has 2 aliphatic carbocycles. The molecule has 0 saturated heterocycles. The molecule has 1 heterocycles. The van der Waals surface area contributed by atoms with Crippen LogP contribution in [0.15, 0.2) is 6.20 Å². The lowest BCUT2D eigenvalue weighted by atomic mass is 9.85. The van der Waals surface area contributed by atoms with Crippen LogP contribution >= 0.6 is 11.6 Å². The Balaban J connectivity index is 1.78. The zero-order valence-corrected chi connectivity index (χ0v) is 13.7. The van der Waals surface area contributed by atoms with Crippen LogP contribution < -0.4 is 5.32 Å². The van der Waals surface area contributed by atoms with Gasteiger partial charge in [-0.05, 0) is 31.1 Å². The third-order valence-electron chi connectivity index (χ3n) is 5.09. The number of fused-ring (bicyclic) bond motifs is 2. The molecule has 4 unspecified atom stereocenters. The fourth-order valence-electron chi connectivity index (χ4n) is 3.94. The number of aliphatic hydroxyl groups excluding tert-OH is 1. The third-order valence-corrected chi connectivity index (χ3v) is 5.37. The van der Waals surface area contributed by atoms with Crippen molar-refractivity contribution in [2.24, 2.45) is 17.8 Å². The first-order chi connectivity index (χ1) is 10.5. The Morgan fingerprint density at radius 3 is 2.86 bits per heavy atom. The molecular weight excluding hydrogens is 302 g/mol. The monoisotopic (exact) mass is 323 g/mol. The molecule has 2 bridgehead atoms. The quantitative estimate of drug-likeness (QED) is 0.892. The van der Waals surface area contributed by atoms with Crippen molar-refractivity contribution in [1.29, 1.82) is 0 Å². The van der Waals surface area contributed by atoms with Gasteiger partial charge in [0.1, 0.15) is 11.5 Å². The van der Waals surface area contributed by atoms with E-state index in [-0.39, 0.29) is 41.1 Å². The molecule has 120 valence electrons. The summed E-state index contributed by atoms with van der Waals surface area (Å²) >= 11 is 6.10. The van der Waals surface area contributed by atoms with E-state index in [0.717, 1.165) is 19.3 Å². The first-order valence-corrected chi connectivity index (χ1v) is 8.33. The number of nitrogens with zero attached hydrogens (tertiary/aromatic N) is 2. The van der Waals surface area contributed by atoms with Gasteiger partial charge in [0.25, 0.3) is 5.91 Å². The zero-order chi connectivity index (χ0) is 15.9. The van der Waals surface area contributed by atoms with E-state index in [9.17, 15) is 9.90 Å². The average Bonchev–Trinajstić information content (AvgIpc) is 3.08. The van der Waals surface area contributed by atoms with Crippen LogP contribution in [0.3, 0.4) is 0 Å². The predicted molar refractivity (Wildman–Crippen MR) is 83.8 cm³/mol. The molecule has 0 spiro atoms. The van der Waals surface area contributed by atoms with Crippen LogP contribution in [0.5, 0.6) is 0 Å². The number of rotatable bonds is 4. The van der Waals surface area contributed by atoms with Crippen LogP contribution in [0.2, 0.25) is 5.02 Å². The van der Waals surface area contributed by atoms with Gasteiger partial charge < -0.3 is 10.4 Å². The molecule has 3 rings (SSSR count). The first-order valence-electron chi connectivity index (χ1n) is 7.95. The number of amides is 1. The summed E-state index contributed by atoms with van der Waals surface area (Å²) in [7, 11) is 0. The van der Waals surface area contributed by atoms with Crippen LogP contribution in [0.4, 0.5) is 0 Å². The molecule has 5 nitrogen and oxygen atoms in total. The minimum atomic E-state index is -0.259. The lowest BCUT2D eigenvalue weighted by Gasteiger charge is -2.30. The van der Waals surface area contributed by atoms with E-state index in [0.29, 0.717) is 17.7 Å². The average molecular weight is 324 g/mol. The number of halogens is 1.